The lowest BCUT2D eigenvalue weighted by molar-refractivity contribution is 1.23. The van der Waals surface area contributed by atoms with Crippen molar-refractivity contribution in [3.8, 4) is 0 Å². The van der Waals surface area contributed by atoms with E-state index >= 15 is 0 Å². The normalized spacial score (nSPS) is 11.3. The molecule has 0 saturated heterocycles. The first-order valence-corrected chi connectivity index (χ1v) is 6.33. The molecule has 0 fully saturated rings. The van der Waals surface area contributed by atoms with Crippen molar-refractivity contribution in [2.24, 2.45) is 5.10 Å². The van der Waals surface area contributed by atoms with Crippen molar-refractivity contribution in [3.05, 3.63) is 64.3 Å². The first-order valence-electron chi connectivity index (χ1n) is 5.57. The Balaban J connectivity index is 1.92. The fourth-order valence-electron chi connectivity index (χ4n) is 1.36. The number of anilines is 1. The fourth-order valence-corrected chi connectivity index (χ4v) is 1.78. The van der Waals surface area contributed by atoms with Crippen molar-refractivity contribution in [2.75, 3.05) is 5.43 Å². The van der Waals surface area contributed by atoms with Gasteiger partial charge in [-0.2, -0.15) is 5.10 Å². The average Bonchev–Trinajstić information content (AvgIpc) is 2.42. The monoisotopic (exact) mass is 291 g/mol. The molecule has 0 saturated carbocycles. The quantitative estimate of drug-likeness (QED) is 0.665. The van der Waals surface area contributed by atoms with Crippen LogP contribution in [0.1, 0.15) is 5.56 Å². The van der Waals surface area contributed by atoms with Gasteiger partial charge in [0.25, 0.3) is 0 Å². The number of hydrogen-bond acceptors (Lipinski definition) is 3. The van der Waals surface area contributed by atoms with E-state index in [4.69, 9.17) is 23.2 Å². The summed E-state index contributed by atoms with van der Waals surface area (Å²) in [6.07, 6.45) is 6.90. The van der Waals surface area contributed by atoms with Crippen LogP contribution in [0.2, 0.25) is 10.0 Å². The van der Waals surface area contributed by atoms with Crippen molar-refractivity contribution < 1.29 is 0 Å². The van der Waals surface area contributed by atoms with E-state index in [0.29, 0.717) is 15.9 Å². The number of pyridine rings is 1. The summed E-state index contributed by atoms with van der Waals surface area (Å²) in [5.41, 5.74) is 3.85. The van der Waals surface area contributed by atoms with Gasteiger partial charge in [0, 0.05) is 12.4 Å². The summed E-state index contributed by atoms with van der Waals surface area (Å²) >= 11 is 11.7. The van der Waals surface area contributed by atoms with E-state index in [-0.39, 0.29) is 0 Å². The maximum Gasteiger partial charge on any atom is 0.165 e. The molecule has 0 radical (unpaired) electrons. The van der Waals surface area contributed by atoms with Gasteiger partial charge in [0.05, 0.1) is 10.0 Å². The molecule has 5 heteroatoms. The molecule has 19 heavy (non-hydrogen) atoms. The minimum atomic E-state index is 0.427. The first kappa shape index (κ1) is 13.6. The topological polar surface area (TPSA) is 37.3 Å². The van der Waals surface area contributed by atoms with E-state index in [9.17, 15) is 0 Å². The summed E-state index contributed by atoms with van der Waals surface area (Å²) in [6.45, 7) is 0. The Morgan fingerprint density at radius 1 is 1.16 bits per heavy atom. The smallest absolute Gasteiger partial charge is 0.165 e. The van der Waals surface area contributed by atoms with Crippen LogP contribution in [0.4, 0.5) is 5.82 Å². The molecule has 2 aromatic rings. The van der Waals surface area contributed by atoms with Crippen LogP contribution in [0, 0.1) is 0 Å². The molecule has 3 nitrogen and oxygen atoms in total. The van der Waals surface area contributed by atoms with Gasteiger partial charge in [0.15, 0.2) is 5.82 Å². The Kier molecular flexibility index (Phi) is 4.95. The van der Waals surface area contributed by atoms with E-state index in [1.165, 1.54) is 6.20 Å². The van der Waals surface area contributed by atoms with Gasteiger partial charge < -0.3 is 0 Å². The summed E-state index contributed by atoms with van der Waals surface area (Å²) in [4.78, 5) is 4.02. The number of halogens is 2. The van der Waals surface area contributed by atoms with E-state index < -0.39 is 0 Å². The summed E-state index contributed by atoms with van der Waals surface area (Å²) < 4.78 is 0. The molecular weight excluding hydrogens is 281 g/mol. The lowest BCUT2D eigenvalue weighted by Gasteiger charge is -2.00. The van der Waals surface area contributed by atoms with Gasteiger partial charge in [0.1, 0.15) is 0 Å². The number of benzene rings is 1. The van der Waals surface area contributed by atoms with Gasteiger partial charge in [0.2, 0.25) is 0 Å². The fraction of sp³-hybridized carbons (Fsp3) is 0. The Bertz CT molecular complexity index is 595. The molecule has 96 valence electrons. The molecule has 0 spiro atoms. The zero-order chi connectivity index (χ0) is 13.5. The Morgan fingerprint density at radius 2 is 1.95 bits per heavy atom. The number of nitrogens with zero attached hydrogens (tertiary/aromatic N) is 2. The molecule has 0 aliphatic rings. The standard InChI is InChI=1S/C14H11Cl2N3/c15-12-9-13(16)14(17-10-12)19-18-8-4-7-11-5-2-1-3-6-11/h1-10H,(H,17,19)/b7-4+,18-8+. The Labute approximate surface area is 121 Å². The van der Waals surface area contributed by atoms with Gasteiger partial charge in [-0.05, 0) is 17.7 Å². The van der Waals surface area contributed by atoms with Crippen LogP contribution in [0.5, 0.6) is 0 Å². The number of nitrogens with one attached hydrogen (secondary N) is 1. The van der Waals surface area contributed by atoms with E-state index in [1.54, 1.807) is 12.3 Å². The van der Waals surface area contributed by atoms with Gasteiger partial charge in [-0.3, -0.25) is 5.43 Å². The van der Waals surface area contributed by atoms with Crippen molar-refractivity contribution in [1.29, 1.82) is 0 Å². The highest BCUT2D eigenvalue weighted by Gasteiger charge is 2.00. The highest BCUT2D eigenvalue weighted by atomic mass is 35.5. The SMILES string of the molecule is Clc1cnc(N/N=C/C=C/c2ccccc2)c(Cl)c1. The number of aromatic nitrogens is 1. The summed E-state index contributed by atoms with van der Waals surface area (Å²) in [5.74, 6) is 0.468. The molecule has 2 rings (SSSR count). The van der Waals surface area contributed by atoms with Crippen LogP contribution >= 0.6 is 23.2 Å². The Morgan fingerprint density at radius 3 is 2.68 bits per heavy atom. The summed E-state index contributed by atoms with van der Waals surface area (Å²) in [5, 5.41) is 4.91. The molecule has 1 heterocycles. The second kappa shape index (κ2) is 6.92. The Hall–Kier alpha value is -1.84. The number of hydrazone groups is 1. The number of rotatable bonds is 4. The van der Waals surface area contributed by atoms with E-state index in [2.05, 4.69) is 15.5 Å². The molecule has 0 aliphatic carbocycles. The minimum absolute atomic E-state index is 0.427. The van der Waals surface area contributed by atoms with Crippen LogP contribution in [0.15, 0.2) is 53.8 Å². The predicted molar refractivity (Wildman–Crippen MR) is 81.8 cm³/mol. The van der Waals surface area contributed by atoms with Crippen molar-refractivity contribution >= 4 is 41.3 Å². The van der Waals surface area contributed by atoms with E-state index in [1.807, 2.05) is 42.5 Å². The molecule has 1 N–H and O–H groups in total. The van der Waals surface area contributed by atoms with Gasteiger partial charge in [-0.25, -0.2) is 4.98 Å². The largest absolute Gasteiger partial charge is 0.260 e. The van der Waals surface area contributed by atoms with E-state index in [0.717, 1.165) is 5.56 Å². The maximum atomic E-state index is 5.94. The van der Waals surface area contributed by atoms with Crippen LogP contribution in [-0.4, -0.2) is 11.2 Å². The second-order valence-electron chi connectivity index (χ2n) is 3.64. The molecule has 1 aromatic carbocycles. The highest BCUT2D eigenvalue weighted by Crippen LogP contribution is 2.22. The lowest BCUT2D eigenvalue weighted by Crippen LogP contribution is -1.92. The molecule has 0 atom stereocenters. The number of allylic oxidation sites excluding steroid dienone is 1. The molecule has 0 bridgehead atoms. The molecule has 0 amide bonds. The third-order valence-corrected chi connectivity index (χ3v) is 2.72. The van der Waals surface area contributed by atoms with Crippen LogP contribution in [0.3, 0.4) is 0 Å². The third-order valence-electron chi connectivity index (χ3n) is 2.23. The summed E-state index contributed by atoms with van der Waals surface area (Å²) in [7, 11) is 0. The van der Waals surface area contributed by atoms with Crippen LogP contribution in [-0.2, 0) is 0 Å². The number of hydrogen-bond donors (Lipinski definition) is 1. The first-order chi connectivity index (χ1) is 9.25. The maximum absolute atomic E-state index is 5.94. The zero-order valence-electron chi connectivity index (χ0n) is 9.92. The lowest BCUT2D eigenvalue weighted by atomic mass is 10.2. The predicted octanol–water partition coefficient (Wildman–Crippen LogP) is 4.50. The van der Waals surface area contributed by atoms with Crippen LogP contribution < -0.4 is 5.43 Å². The van der Waals surface area contributed by atoms with Crippen molar-refractivity contribution in [1.82, 2.24) is 4.98 Å². The van der Waals surface area contributed by atoms with Gasteiger partial charge in [-0.15, -0.1) is 0 Å². The highest BCUT2D eigenvalue weighted by molar-refractivity contribution is 6.35. The van der Waals surface area contributed by atoms with Gasteiger partial charge >= 0.3 is 0 Å². The third kappa shape index (κ3) is 4.39. The van der Waals surface area contributed by atoms with Crippen LogP contribution in [0.25, 0.3) is 6.08 Å². The zero-order valence-corrected chi connectivity index (χ0v) is 11.4. The minimum Gasteiger partial charge on any atom is -0.260 e. The molecular formula is C14H11Cl2N3. The van der Waals surface area contributed by atoms with Gasteiger partial charge in [-0.1, -0.05) is 59.6 Å². The molecule has 0 aliphatic heterocycles. The average molecular weight is 292 g/mol. The van der Waals surface area contributed by atoms with Crippen molar-refractivity contribution in [2.45, 2.75) is 0 Å². The summed E-state index contributed by atoms with van der Waals surface area (Å²) in [6, 6.07) is 11.6. The molecule has 0 unspecified atom stereocenters. The van der Waals surface area contributed by atoms with Crippen molar-refractivity contribution in [3.63, 3.8) is 0 Å². The molecule has 1 aromatic heterocycles. The second-order valence-corrected chi connectivity index (χ2v) is 4.49.